The van der Waals surface area contributed by atoms with Gasteiger partial charge in [0.25, 0.3) is 0 Å². The first-order chi connectivity index (χ1) is 9.63. The van der Waals surface area contributed by atoms with Crippen molar-refractivity contribution < 1.29 is 9.53 Å². The van der Waals surface area contributed by atoms with Crippen LogP contribution in [0.3, 0.4) is 0 Å². The molecule has 110 valence electrons. The lowest BCUT2D eigenvalue weighted by Gasteiger charge is -2.35. The number of Topliss-reactive ketones (excluding diaryl/α,β-unsaturated/α-hetero) is 1. The van der Waals surface area contributed by atoms with E-state index in [1.807, 2.05) is 24.3 Å². The maximum atomic E-state index is 11.1. The fourth-order valence-electron chi connectivity index (χ4n) is 2.85. The van der Waals surface area contributed by atoms with Gasteiger partial charge in [0, 0.05) is 17.2 Å². The molecule has 1 aromatic rings. The molecule has 1 aliphatic carbocycles. The summed E-state index contributed by atoms with van der Waals surface area (Å²) in [5.41, 5.74) is 1.36. The lowest BCUT2D eigenvalue weighted by atomic mass is 9.76. The summed E-state index contributed by atoms with van der Waals surface area (Å²) in [5, 5.41) is 1.02. The van der Waals surface area contributed by atoms with Gasteiger partial charge in [-0.15, -0.1) is 0 Å². The third-order valence-electron chi connectivity index (χ3n) is 4.12. The van der Waals surface area contributed by atoms with E-state index >= 15 is 0 Å². The van der Waals surface area contributed by atoms with Crippen LogP contribution >= 0.6 is 15.9 Å². The van der Waals surface area contributed by atoms with Gasteiger partial charge in [0.05, 0.1) is 6.61 Å². The van der Waals surface area contributed by atoms with E-state index in [1.54, 1.807) is 6.92 Å². The highest BCUT2D eigenvalue weighted by Crippen LogP contribution is 2.38. The van der Waals surface area contributed by atoms with Crippen molar-refractivity contribution in [1.82, 2.24) is 0 Å². The molecule has 1 saturated carbocycles. The summed E-state index contributed by atoms with van der Waals surface area (Å²) >= 11 is 3.66. The highest BCUT2D eigenvalue weighted by molar-refractivity contribution is 9.09. The number of carbonyl (C=O) groups excluding carboxylic acids is 1. The van der Waals surface area contributed by atoms with E-state index in [9.17, 15) is 4.79 Å². The molecule has 2 nitrogen and oxygen atoms in total. The number of alkyl halides is 1. The second-order valence-electron chi connectivity index (χ2n) is 6.01. The van der Waals surface area contributed by atoms with E-state index in [4.69, 9.17) is 4.74 Å². The number of rotatable bonds is 6. The molecule has 0 heterocycles. The molecule has 20 heavy (non-hydrogen) atoms. The Hall–Kier alpha value is -0.830. The molecular formula is C17H23BrO2. The van der Waals surface area contributed by atoms with E-state index in [0.717, 1.165) is 23.2 Å². The van der Waals surface area contributed by atoms with Crippen molar-refractivity contribution in [3.05, 3.63) is 29.8 Å². The van der Waals surface area contributed by atoms with Crippen LogP contribution in [-0.4, -0.2) is 17.7 Å². The number of hydrogen-bond acceptors (Lipinski definition) is 2. The zero-order chi connectivity index (χ0) is 14.4. The summed E-state index contributed by atoms with van der Waals surface area (Å²) in [4.78, 5) is 11.1. The zero-order valence-corrected chi connectivity index (χ0v) is 13.7. The molecule has 0 atom stereocenters. The van der Waals surface area contributed by atoms with E-state index in [1.165, 1.54) is 32.1 Å². The molecule has 3 heteroatoms. The summed E-state index contributed by atoms with van der Waals surface area (Å²) in [6.45, 7) is 2.40. The second-order valence-corrected chi connectivity index (χ2v) is 6.57. The van der Waals surface area contributed by atoms with Crippen molar-refractivity contribution in [2.45, 2.75) is 45.4 Å². The van der Waals surface area contributed by atoms with Crippen LogP contribution < -0.4 is 4.74 Å². The SMILES string of the molecule is CC(=O)Cc1ccc(OCC2(CBr)CCCCC2)cc1. The number of ketones is 1. The number of hydrogen-bond donors (Lipinski definition) is 0. The molecular weight excluding hydrogens is 316 g/mol. The van der Waals surface area contributed by atoms with E-state index in [-0.39, 0.29) is 5.78 Å². The van der Waals surface area contributed by atoms with Crippen LogP contribution in [0.25, 0.3) is 0 Å². The molecule has 1 fully saturated rings. The lowest BCUT2D eigenvalue weighted by Crippen LogP contribution is -2.32. The van der Waals surface area contributed by atoms with Crippen LogP contribution in [0.15, 0.2) is 24.3 Å². The predicted octanol–water partition coefficient (Wildman–Crippen LogP) is 4.54. The van der Waals surface area contributed by atoms with Gasteiger partial charge < -0.3 is 4.74 Å². The maximum Gasteiger partial charge on any atom is 0.134 e. The van der Waals surface area contributed by atoms with Crippen molar-refractivity contribution in [3.8, 4) is 5.75 Å². The van der Waals surface area contributed by atoms with Crippen molar-refractivity contribution in [2.75, 3.05) is 11.9 Å². The minimum absolute atomic E-state index is 0.194. The number of halogens is 1. The van der Waals surface area contributed by atoms with Gasteiger partial charge in [-0.3, -0.25) is 4.79 Å². The van der Waals surface area contributed by atoms with E-state index in [2.05, 4.69) is 15.9 Å². The maximum absolute atomic E-state index is 11.1. The normalized spacial score (nSPS) is 17.7. The van der Waals surface area contributed by atoms with Gasteiger partial charge in [0.2, 0.25) is 0 Å². The minimum Gasteiger partial charge on any atom is -0.493 e. The summed E-state index contributed by atoms with van der Waals surface area (Å²) < 4.78 is 5.98. The van der Waals surface area contributed by atoms with E-state index in [0.29, 0.717) is 11.8 Å². The van der Waals surface area contributed by atoms with Crippen LogP contribution in [0.4, 0.5) is 0 Å². The summed E-state index contributed by atoms with van der Waals surface area (Å²) in [6, 6.07) is 7.92. The fraction of sp³-hybridized carbons (Fsp3) is 0.588. The van der Waals surface area contributed by atoms with Gasteiger partial charge in [-0.25, -0.2) is 0 Å². The van der Waals surface area contributed by atoms with Gasteiger partial charge in [-0.2, -0.15) is 0 Å². The Morgan fingerprint density at radius 2 is 1.85 bits per heavy atom. The highest BCUT2D eigenvalue weighted by Gasteiger charge is 2.31. The van der Waals surface area contributed by atoms with Gasteiger partial charge >= 0.3 is 0 Å². The summed E-state index contributed by atoms with van der Waals surface area (Å²) in [6.07, 6.45) is 6.99. The molecule has 2 rings (SSSR count). The largest absolute Gasteiger partial charge is 0.493 e. The van der Waals surface area contributed by atoms with Crippen LogP contribution in [0.1, 0.15) is 44.6 Å². The molecule has 1 aromatic carbocycles. The van der Waals surface area contributed by atoms with Crippen molar-refractivity contribution in [3.63, 3.8) is 0 Å². The minimum atomic E-state index is 0.194. The molecule has 1 aliphatic rings. The van der Waals surface area contributed by atoms with Crippen molar-refractivity contribution in [2.24, 2.45) is 5.41 Å². The van der Waals surface area contributed by atoms with Gasteiger partial charge in [0.1, 0.15) is 11.5 Å². The second kappa shape index (κ2) is 7.26. The predicted molar refractivity (Wildman–Crippen MR) is 85.6 cm³/mol. The molecule has 0 bridgehead atoms. The summed E-state index contributed by atoms with van der Waals surface area (Å²) in [5.74, 6) is 1.10. The Labute approximate surface area is 130 Å². The smallest absolute Gasteiger partial charge is 0.134 e. The van der Waals surface area contributed by atoms with Crippen LogP contribution in [0.2, 0.25) is 0 Å². The van der Waals surface area contributed by atoms with Gasteiger partial charge in [-0.1, -0.05) is 47.3 Å². The molecule has 0 amide bonds. The number of benzene rings is 1. The van der Waals surface area contributed by atoms with Gasteiger partial charge in [0.15, 0.2) is 0 Å². The van der Waals surface area contributed by atoms with Crippen LogP contribution in [0, 0.1) is 5.41 Å². The molecule has 0 radical (unpaired) electrons. The molecule has 0 spiro atoms. The Kier molecular flexibility index (Phi) is 5.64. The molecule has 0 saturated heterocycles. The van der Waals surface area contributed by atoms with Gasteiger partial charge in [-0.05, 0) is 37.5 Å². The molecule has 0 aromatic heterocycles. The molecule has 0 N–H and O–H groups in total. The topological polar surface area (TPSA) is 26.3 Å². The Morgan fingerprint density at radius 3 is 2.40 bits per heavy atom. The quantitative estimate of drug-likeness (QED) is 0.711. The lowest BCUT2D eigenvalue weighted by molar-refractivity contribution is -0.116. The Morgan fingerprint density at radius 1 is 1.20 bits per heavy atom. The first-order valence-electron chi connectivity index (χ1n) is 7.41. The average molecular weight is 339 g/mol. The zero-order valence-electron chi connectivity index (χ0n) is 12.2. The average Bonchev–Trinajstić information content (AvgIpc) is 2.47. The first-order valence-corrected chi connectivity index (χ1v) is 8.53. The van der Waals surface area contributed by atoms with Crippen LogP contribution in [0.5, 0.6) is 5.75 Å². The van der Waals surface area contributed by atoms with Crippen molar-refractivity contribution >= 4 is 21.7 Å². The fourth-order valence-corrected chi connectivity index (χ4v) is 3.57. The number of ether oxygens (including phenoxy) is 1. The number of carbonyl (C=O) groups is 1. The standard InChI is InChI=1S/C17H23BrO2/c1-14(19)11-15-5-7-16(8-6-15)20-13-17(12-18)9-3-2-4-10-17/h5-8H,2-4,9-13H2,1H3. The monoisotopic (exact) mass is 338 g/mol. The van der Waals surface area contributed by atoms with Crippen molar-refractivity contribution in [1.29, 1.82) is 0 Å². The molecule has 0 unspecified atom stereocenters. The third-order valence-corrected chi connectivity index (χ3v) is 5.31. The Balaban J connectivity index is 1.91. The third kappa shape index (κ3) is 4.34. The van der Waals surface area contributed by atoms with Crippen LogP contribution in [-0.2, 0) is 11.2 Å². The highest BCUT2D eigenvalue weighted by atomic mass is 79.9. The van der Waals surface area contributed by atoms with E-state index < -0.39 is 0 Å². The molecule has 0 aliphatic heterocycles. The first kappa shape index (κ1) is 15.6. The summed E-state index contributed by atoms with van der Waals surface area (Å²) in [7, 11) is 0. The Bertz CT molecular complexity index is 433.